The van der Waals surface area contributed by atoms with Gasteiger partial charge in [0, 0.05) is 23.9 Å². The van der Waals surface area contributed by atoms with Gasteiger partial charge in [-0.25, -0.2) is 4.79 Å². The highest BCUT2D eigenvalue weighted by Gasteiger charge is 2.19. The monoisotopic (exact) mass is 438 g/mol. The Bertz CT molecular complexity index is 721. The molecule has 2 unspecified atom stereocenters. The van der Waals surface area contributed by atoms with E-state index in [1.54, 1.807) is 13.0 Å². The van der Waals surface area contributed by atoms with Gasteiger partial charge in [-0.1, -0.05) is 6.07 Å². The maximum absolute atomic E-state index is 12.0. The van der Waals surface area contributed by atoms with Crippen LogP contribution in [0.4, 0.5) is 0 Å². The second-order valence-electron chi connectivity index (χ2n) is 6.72. The minimum absolute atomic E-state index is 0.0885. The molecular formula is C20H30N4O5S. The highest BCUT2D eigenvalue weighted by Crippen LogP contribution is 2.09. The van der Waals surface area contributed by atoms with Crippen LogP contribution < -0.4 is 21.7 Å². The van der Waals surface area contributed by atoms with Crippen LogP contribution in [0.5, 0.6) is 0 Å². The van der Waals surface area contributed by atoms with Crippen LogP contribution in [0.1, 0.15) is 43.9 Å². The molecule has 0 bridgehead atoms. The van der Waals surface area contributed by atoms with Gasteiger partial charge in [0.15, 0.2) is 0 Å². The highest BCUT2D eigenvalue weighted by molar-refractivity contribution is 7.10. The number of carboxylic acids is 1. The van der Waals surface area contributed by atoms with Crippen LogP contribution in [0.2, 0.25) is 0 Å². The van der Waals surface area contributed by atoms with Gasteiger partial charge in [0.2, 0.25) is 17.7 Å². The third kappa shape index (κ3) is 10.7. The fraction of sp³-hybridized carbons (Fsp3) is 0.500. The fourth-order valence-electron chi connectivity index (χ4n) is 2.50. The number of amides is 3. The summed E-state index contributed by atoms with van der Waals surface area (Å²) in [6.07, 6.45) is 5.13. The lowest BCUT2D eigenvalue weighted by Crippen LogP contribution is -2.45. The standard InChI is InChI=1S/C20H30N4O5S/c1-14(23-18(26)10-9-15-6-5-13-30-15)19(27)22-12-4-8-17(25)24-16(20(28)29)7-2-3-11-21/h5-6,9-10,13-14,16H,2-4,7-8,11-12,21H2,1H3,(H,22,27)(H,23,26)(H,24,25)(H,28,29)/b10-9+. The van der Waals surface area contributed by atoms with Crippen LogP contribution in [0.15, 0.2) is 23.6 Å². The zero-order chi connectivity index (χ0) is 22.4. The molecule has 1 aromatic heterocycles. The van der Waals surface area contributed by atoms with Crippen molar-refractivity contribution in [3.63, 3.8) is 0 Å². The van der Waals surface area contributed by atoms with Crippen molar-refractivity contribution in [3.05, 3.63) is 28.5 Å². The molecule has 3 amide bonds. The van der Waals surface area contributed by atoms with Crippen molar-refractivity contribution in [1.29, 1.82) is 0 Å². The molecule has 2 atom stereocenters. The number of aliphatic carboxylic acids is 1. The Balaban J connectivity index is 2.25. The summed E-state index contributed by atoms with van der Waals surface area (Å²) in [6.45, 7) is 2.28. The Morgan fingerprint density at radius 2 is 1.97 bits per heavy atom. The van der Waals surface area contributed by atoms with Crippen molar-refractivity contribution in [2.45, 2.75) is 51.1 Å². The Hall–Kier alpha value is -2.72. The average molecular weight is 439 g/mol. The summed E-state index contributed by atoms with van der Waals surface area (Å²) in [5.41, 5.74) is 5.39. The molecule has 0 aromatic carbocycles. The summed E-state index contributed by atoms with van der Waals surface area (Å²) in [7, 11) is 0. The van der Waals surface area contributed by atoms with E-state index in [2.05, 4.69) is 16.0 Å². The Labute approximate surface area is 180 Å². The number of rotatable bonds is 14. The summed E-state index contributed by atoms with van der Waals surface area (Å²) < 4.78 is 0. The van der Waals surface area contributed by atoms with E-state index < -0.39 is 18.1 Å². The summed E-state index contributed by atoms with van der Waals surface area (Å²) in [4.78, 5) is 47.9. The summed E-state index contributed by atoms with van der Waals surface area (Å²) in [5.74, 6) is -2.20. The van der Waals surface area contributed by atoms with E-state index in [4.69, 9.17) is 10.8 Å². The normalized spacial score (nSPS) is 12.9. The summed E-state index contributed by atoms with van der Waals surface area (Å²) in [6, 6.07) is 2.09. The molecule has 10 heteroatoms. The van der Waals surface area contributed by atoms with Gasteiger partial charge in [0.1, 0.15) is 12.1 Å². The van der Waals surface area contributed by atoms with Crippen molar-refractivity contribution in [2.75, 3.05) is 13.1 Å². The largest absolute Gasteiger partial charge is 0.480 e. The molecule has 0 aliphatic carbocycles. The molecule has 0 aliphatic heterocycles. The predicted molar refractivity (Wildman–Crippen MR) is 116 cm³/mol. The molecule has 0 saturated heterocycles. The lowest BCUT2D eigenvalue weighted by molar-refractivity contribution is -0.142. The van der Waals surface area contributed by atoms with Crippen molar-refractivity contribution in [1.82, 2.24) is 16.0 Å². The minimum Gasteiger partial charge on any atom is -0.480 e. The van der Waals surface area contributed by atoms with E-state index in [0.717, 1.165) is 4.88 Å². The Kier molecular flexibility index (Phi) is 12.1. The van der Waals surface area contributed by atoms with E-state index in [-0.39, 0.29) is 30.7 Å². The van der Waals surface area contributed by atoms with Gasteiger partial charge in [-0.2, -0.15) is 0 Å². The smallest absolute Gasteiger partial charge is 0.326 e. The molecule has 166 valence electrons. The number of hydrogen-bond donors (Lipinski definition) is 5. The number of carbonyl (C=O) groups excluding carboxylic acids is 3. The first-order valence-electron chi connectivity index (χ1n) is 9.85. The van der Waals surface area contributed by atoms with Crippen molar-refractivity contribution in [3.8, 4) is 0 Å². The van der Waals surface area contributed by atoms with Crippen molar-refractivity contribution >= 4 is 41.1 Å². The minimum atomic E-state index is -1.08. The Morgan fingerprint density at radius 1 is 1.20 bits per heavy atom. The maximum Gasteiger partial charge on any atom is 0.326 e. The third-order valence-electron chi connectivity index (χ3n) is 4.15. The molecule has 0 radical (unpaired) electrons. The van der Waals surface area contributed by atoms with Gasteiger partial charge in [-0.15, -0.1) is 11.3 Å². The number of nitrogens with two attached hydrogens (primary N) is 1. The highest BCUT2D eigenvalue weighted by atomic mass is 32.1. The van der Waals surface area contributed by atoms with Gasteiger partial charge in [0.05, 0.1) is 0 Å². The molecule has 9 nitrogen and oxygen atoms in total. The topological polar surface area (TPSA) is 151 Å². The van der Waals surface area contributed by atoms with Crippen molar-refractivity contribution < 1.29 is 24.3 Å². The van der Waals surface area contributed by atoms with Crippen LogP contribution in [0, 0.1) is 0 Å². The molecule has 0 fully saturated rings. The number of thiophene rings is 1. The lowest BCUT2D eigenvalue weighted by atomic mass is 10.1. The van der Waals surface area contributed by atoms with Gasteiger partial charge in [-0.3, -0.25) is 14.4 Å². The van der Waals surface area contributed by atoms with Crippen LogP contribution in [-0.2, 0) is 19.2 Å². The first-order chi connectivity index (χ1) is 14.3. The number of nitrogens with one attached hydrogen (secondary N) is 3. The second-order valence-corrected chi connectivity index (χ2v) is 7.70. The van der Waals surface area contributed by atoms with E-state index in [1.165, 1.54) is 17.4 Å². The third-order valence-corrected chi connectivity index (χ3v) is 4.99. The maximum atomic E-state index is 12.0. The number of hydrogen-bond acceptors (Lipinski definition) is 6. The zero-order valence-electron chi connectivity index (χ0n) is 17.1. The van der Waals surface area contributed by atoms with Gasteiger partial charge < -0.3 is 26.8 Å². The predicted octanol–water partition coefficient (Wildman–Crippen LogP) is 0.861. The van der Waals surface area contributed by atoms with Crippen LogP contribution >= 0.6 is 11.3 Å². The molecule has 30 heavy (non-hydrogen) atoms. The summed E-state index contributed by atoms with van der Waals surface area (Å²) in [5, 5.41) is 18.7. The van der Waals surface area contributed by atoms with Crippen LogP contribution in [-0.4, -0.2) is 54.0 Å². The average Bonchev–Trinajstić information content (AvgIpc) is 3.22. The number of unbranched alkanes of at least 4 members (excludes halogenated alkanes) is 1. The van der Waals surface area contributed by atoms with Gasteiger partial charge in [0.25, 0.3) is 0 Å². The van der Waals surface area contributed by atoms with Gasteiger partial charge >= 0.3 is 5.97 Å². The quantitative estimate of drug-likeness (QED) is 0.215. The van der Waals surface area contributed by atoms with Crippen LogP contribution in [0.25, 0.3) is 6.08 Å². The van der Waals surface area contributed by atoms with Gasteiger partial charge in [-0.05, 0) is 56.7 Å². The van der Waals surface area contributed by atoms with E-state index in [9.17, 15) is 19.2 Å². The Morgan fingerprint density at radius 3 is 2.60 bits per heavy atom. The molecule has 1 aromatic rings. The van der Waals surface area contributed by atoms with E-state index >= 15 is 0 Å². The molecule has 6 N–H and O–H groups in total. The van der Waals surface area contributed by atoms with E-state index in [1.807, 2.05) is 17.5 Å². The second kappa shape index (κ2) is 14.3. The number of carboxylic acid groups (broad SMARTS) is 1. The molecule has 0 aliphatic rings. The molecular weight excluding hydrogens is 408 g/mol. The molecule has 1 heterocycles. The molecule has 0 spiro atoms. The molecule has 0 saturated carbocycles. The summed E-state index contributed by atoms with van der Waals surface area (Å²) >= 11 is 1.50. The van der Waals surface area contributed by atoms with Crippen LogP contribution in [0.3, 0.4) is 0 Å². The zero-order valence-corrected chi connectivity index (χ0v) is 17.9. The fourth-order valence-corrected chi connectivity index (χ4v) is 3.12. The van der Waals surface area contributed by atoms with Crippen molar-refractivity contribution in [2.24, 2.45) is 5.73 Å². The van der Waals surface area contributed by atoms with E-state index in [0.29, 0.717) is 32.2 Å². The SMILES string of the molecule is CC(NC(=O)/C=C/c1cccs1)C(=O)NCCCC(=O)NC(CCCCN)C(=O)O. The number of carbonyl (C=O) groups is 4. The first-order valence-corrected chi connectivity index (χ1v) is 10.7. The first kappa shape index (κ1) is 25.3. The lowest BCUT2D eigenvalue weighted by Gasteiger charge is -2.15. The molecule has 1 rings (SSSR count).